The maximum atomic E-state index is 13.8. The lowest BCUT2D eigenvalue weighted by atomic mass is 9.92. The van der Waals surface area contributed by atoms with Crippen LogP contribution in [0.1, 0.15) is 36.4 Å². The van der Waals surface area contributed by atoms with Crippen molar-refractivity contribution >= 4 is 33.5 Å². The minimum absolute atomic E-state index is 0.0214. The molecule has 3 heterocycles. The van der Waals surface area contributed by atoms with Gasteiger partial charge in [-0.05, 0) is 49.6 Å². The monoisotopic (exact) mass is 442 g/mol. The van der Waals surface area contributed by atoms with Gasteiger partial charge < -0.3 is 5.32 Å². The number of hydrogen-bond acceptors (Lipinski definition) is 5. The second kappa shape index (κ2) is 7.35. The predicted molar refractivity (Wildman–Crippen MR) is 112 cm³/mol. The number of likely N-dealkylation sites (tertiary alicyclic amines) is 1. The average Bonchev–Trinajstić information content (AvgIpc) is 3.43. The Kier molecular flexibility index (Phi) is 4.75. The maximum Gasteiger partial charge on any atom is 0.326 e. The number of para-hydroxylation sites is 1. The molecule has 3 aromatic rings. The van der Waals surface area contributed by atoms with Crippen LogP contribution < -0.4 is 5.32 Å². The highest BCUT2D eigenvalue weighted by Gasteiger charge is 2.50. The molecule has 3 amide bonds. The molecule has 31 heavy (non-hydrogen) atoms. The number of thiazole rings is 1. The van der Waals surface area contributed by atoms with Crippen molar-refractivity contribution in [2.24, 2.45) is 0 Å². The van der Waals surface area contributed by atoms with Crippen molar-refractivity contribution in [3.8, 4) is 0 Å². The zero-order chi connectivity index (χ0) is 21.8. The number of carbonyl (C=O) groups is 2. The van der Waals surface area contributed by atoms with E-state index < -0.39 is 29.1 Å². The first-order valence-corrected chi connectivity index (χ1v) is 10.9. The number of imide groups is 1. The Morgan fingerprint density at radius 1 is 1.19 bits per heavy atom. The number of fused-ring (bicyclic) bond motifs is 1. The van der Waals surface area contributed by atoms with Crippen LogP contribution in [0.2, 0.25) is 0 Å². The lowest BCUT2D eigenvalue weighted by Crippen LogP contribution is -2.43. The normalized spacial score (nSPS) is 24.4. The minimum atomic E-state index is -1.45. The molecule has 0 aliphatic carbocycles. The molecular formula is C22H20F2N4O2S. The summed E-state index contributed by atoms with van der Waals surface area (Å²) in [6.45, 7) is 2.36. The summed E-state index contributed by atoms with van der Waals surface area (Å²) in [6, 6.07) is 10.6. The number of carbonyl (C=O) groups excluding carboxylic acids is 2. The topological polar surface area (TPSA) is 65.5 Å². The van der Waals surface area contributed by atoms with E-state index in [0.29, 0.717) is 0 Å². The molecule has 1 aromatic heterocycles. The minimum Gasteiger partial charge on any atom is -0.319 e. The van der Waals surface area contributed by atoms with Gasteiger partial charge in [0, 0.05) is 6.54 Å². The molecule has 160 valence electrons. The summed E-state index contributed by atoms with van der Waals surface area (Å²) in [5, 5.41) is 3.62. The van der Waals surface area contributed by atoms with Crippen molar-refractivity contribution in [2.75, 3.05) is 13.2 Å². The van der Waals surface area contributed by atoms with E-state index in [9.17, 15) is 18.4 Å². The van der Waals surface area contributed by atoms with Crippen molar-refractivity contribution in [3.63, 3.8) is 0 Å². The third-order valence-corrected chi connectivity index (χ3v) is 7.19. The third kappa shape index (κ3) is 3.28. The molecule has 0 radical (unpaired) electrons. The van der Waals surface area contributed by atoms with Crippen molar-refractivity contribution in [1.29, 1.82) is 0 Å². The molecule has 0 bridgehead atoms. The largest absolute Gasteiger partial charge is 0.326 e. The smallest absolute Gasteiger partial charge is 0.319 e. The van der Waals surface area contributed by atoms with Crippen LogP contribution in [0.5, 0.6) is 0 Å². The van der Waals surface area contributed by atoms with Gasteiger partial charge in [0.2, 0.25) is 0 Å². The molecule has 2 atom stereocenters. The van der Waals surface area contributed by atoms with Gasteiger partial charge in [-0.25, -0.2) is 23.5 Å². The van der Waals surface area contributed by atoms with Crippen LogP contribution in [-0.2, 0) is 10.3 Å². The average molecular weight is 442 g/mol. The number of amides is 3. The van der Waals surface area contributed by atoms with Crippen LogP contribution in [0.25, 0.3) is 10.2 Å². The summed E-state index contributed by atoms with van der Waals surface area (Å²) in [7, 11) is 0. The van der Waals surface area contributed by atoms with E-state index in [2.05, 4.69) is 10.2 Å². The molecule has 9 heteroatoms. The molecule has 0 unspecified atom stereocenters. The van der Waals surface area contributed by atoms with Gasteiger partial charge in [0.15, 0.2) is 11.6 Å². The van der Waals surface area contributed by atoms with Crippen LogP contribution in [0.4, 0.5) is 13.6 Å². The molecule has 0 spiro atoms. The molecule has 5 rings (SSSR count). The Bertz CT molecular complexity index is 1170. The van der Waals surface area contributed by atoms with Crippen molar-refractivity contribution in [2.45, 2.75) is 31.3 Å². The SMILES string of the molecule is C[C@]1(c2ccc(F)c(F)c2)NC(=O)N(CN2CCC[C@H]2c2nc3ccccc3s2)C1=O. The number of benzene rings is 2. The number of nitrogens with one attached hydrogen (secondary N) is 1. The van der Waals surface area contributed by atoms with Crippen molar-refractivity contribution in [3.05, 3.63) is 64.7 Å². The number of hydrogen-bond donors (Lipinski definition) is 1. The van der Waals surface area contributed by atoms with Gasteiger partial charge in [0.05, 0.1) is 22.9 Å². The fraction of sp³-hybridized carbons (Fsp3) is 0.318. The first-order valence-electron chi connectivity index (χ1n) is 10.1. The van der Waals surface area contributed by atoms with Crippen LogP contribution >= 0.6 is 11.3 Å². The Morgan fingerprint density at radius 2 is 2.00 bits per heavy atom. The van der Waals surface area contributed by atoms with Gasteiger partial charge in [0.25, 0.3) is 5.91 Å². The molecule has 0 saturated carbocycles. The van der Waals surface area contributed by atoms with Gasteiger partial charge in [0.1, 0.15) is 10.5 Å². The lowest BCUT2D eigenvalue weighted by Gasteiger charge is -2.27. The lowest BCUT2D eigenvalue weighted by molar-refractivity contribution is -0.132. The van der Waals surface area contributed by atoms with Crippen LogP contribution in [0.3, 0.4) is 0 Å². The molecule has 2 fully saturated rings. The third-order valence-electron chi connectivity index (χ3n) is 6.05. The van der Waals surface area contributed by atoms with Crippen molar-refractivity contribution in [1.82, 2.24) is 20.1 Å². The van der Waals surface area contributed by atoms with E-state index in [1.807, 2.05) is 24.3 Å². The second-order valence-corrected chi connectivity index (χ2v) is 9.11. The first-order chi connectivity index (χ1) is 14.9. The molecular weight excluding hydrogens is 422 g/mol. The van der Waals surface area contributed by atoms with Crippen LogP contribution in [0.15, 0.2) is 42.5 Å². The number of halogens is 2. The molecule has 2 aliphatic rings. The van der Waals surface area contributed by atoms with Gasteiger partial charge in [-0.15, -0.1) is 11.3 Å². The summed E-state index contributed by atoms with van der Waals surface area (Å²) < 4.78 is 28.2. The Hall–Kier alpha value is -2.91. The molecule has 2 aliphatic heterocycles. The highest BCUT2D eigenvalue weighted by atomic mass is 32.1. The van der Waals surface area contributed by atoms with E-state index in [-0.39, 0.29) is 18.3 Å². The van der Waals surface area contributed by atoms with E-state index in [4.69, 9.17) is 4.98 Å². The Labute approximate surface area is 181 Å². The summed E-state index contributed by atoms with van der Waals surface area (Å²) in [5.41, 5.74) is -0.303. The van der Waals surface area contributed by atoms with E-state index >= 15 is 0 Å². The quantitative estimate of drug-likeness (QED) is 0.617. The molecule has 6 nitrogen and oxygen atoms in total. The zero-order valence-electron chi connectivity index (χ0n) is 16.8. The summed E-state index contributed by atoms with van der Waals surface area (Å²) in [5.74, 6) is -2.55. The molecule has 1 N–H and O–H groups in total. The van der Waals surface area contributed by atoms with Gasteiger partial charge in [-0.3, -0.25) is 9.69 Å². The van der Waals surface area contributed by atoms with Crippen LogP contribution in [-0.4, -0.2) is 39.9 Å². The van der Waals surface area contributed by atoms with Gasteiger partial charge in [-0.1, -0.05) is 18.2 Å². The summed E-state index contributed by atoms with van der Waals surface area (Å²) in [4.78, 5) is 33.8. The maximum absolute atomic E-state index is 13.8. The Balaban J connectivity index is 1.39. The first kappa shape index (κ1) is 20.0. The van der Waals surface area contributed by atoms with E-state index in [1.54, 1.807) is 11.3 Å². The molecule has 2 aromatic carbocycles. The van der Waals surface area contributed by atoms with E-state index in [1.165, 1.54) is 13.0 Å². The van der Waals surface area contributed by atoms with E-state index in [0.717, 1.165) is 51.6 Å². The van der Waals surface area contributed by atoms with Crippen molar-refractivity contribution < 1.29 is 18.4 Å². The second-order valence-electron chi connectivity index (χ2n) is 8.05. The number of rotatable bonds is 4. The van der Waals surface area contributed by atoms with Crippen LogP contribution in [0, 0.1) is 11.6 Å². The standard InChI is InChI=1S/C22H20F2N4O2S/c1-22(13-8-9-14(23)15(24)11-13)20(29)28(21(30)26-22)12-27-10-4-6-17(27)19-25-16-5-2-3-7-18(16)31-19/h2-3,5,7-9,11,17H,4,6,10,12H2,1H3,(H,26,30)/t17-,22+/m0/s1. The highest BCUT2D eigenvalue weighted by Crippen LogP contribution is 2.37. The fourth-order valence-electron chi connectivity index (χ4n) is 4.32. The number of urea groups is 1. The summed E-state index contributed by atoms with van der Waals surface area (Å²) in [6.07, 6.45) is 1.83. The molecule has 2 saturated heterocycles. The number of nitrogens with zero attached hydrogens (tertiary/aromatic N) is 3. The highest BCUT2D eigenvalue weighted by molar-refractivity contribution is 7.18. The number of aromatic nitrogens is 1. The zero-order valence-corrected chi connectivity index (χ0v) is 17.6. The van der Waals surface area contributed by atoms with Gasteiger partial charge >= 0.3 is 6.03 Å². The predicted octanol–water partition coefficient (Wildman–Crippen LogP) is 4.14. The fourth-order valence-corrected chi connectivity index (χ4v) is 5.45. The Morgan fingerprint density at radius 3 is 2.77 bits per heavy atom. The van der Waals surface area contributed by atoms with Gasteiger partial charge in [-0.2, -0.15) is 0 Å². The summed E-state index contributed by atoms with van der Waals surface area (Å²) >= 11 is 1.62.